The molecule has 2 rings (SSSR count). The molecule has 2 aromatic carbocycles. The Bertz CT molecular complexity index is 876. The van der Waals surface area contributed by atoms with Gasteiger partial charge >= 0.3 is 0 Å². The molecule has 0 spiro atoms. The van der Waals surface area contributed by atoms with Crippen LogP contribution in [-0.4, -0.2) is 28.1 Å². The summed E-state index contributed by atoms with van der Waals surface area (Å²) in [6.45, 7) is 0. The molecule has 0 fully saturated rings. The molecule has 0 radical (unpaired) electrons. The molecule has 0 saturated heterocycles. The van der Waals surface area contributed by atoms with Crippen molar-refractivity contribution in [1.82, 2.24) is 10.6 Å². The van der Waals surface area contributed by atoms with Crippen molar-refractivity contribution in [2.24, 2.45) is 0 Å². The SMILES string of the molecule is COc1ccccc1C(=O)N[C@@H](NC(=S)Nc1ccc(Cl)c(Cl)c1)C(Cl)(Cl)Cl. The minimum Gasteiger partial charge on any atom is -0.496 e. The minimum absolute atomic E-state index is 0.0926. The van der Waals surface area contributed by atoms with Gasteiger partial charge in [-0.25, -0.2) is 0 Å². The van der Waals surface area contributed by atoms with Gasteiger partial charge in [0.05, 0.1) is 22.7 Å². The molecule has 0 saturated carbocycles. The number of carbonyl (C=O) groups is 1. The monoisotopic (exact) mass is 499 g/mol. The number of amides is 1. The fourth-order valence-electron chi connectivity index (χ4n) is 2.11. The fraction of sp³-hybridized carbons (Fsp3) is 0.176. The summed E-state index contributed by atoms with van der Waals surface area (Å²) in [6, 6.07) is 11.5. The zero-order chi connectivity index (χ0) is 20.9. The lowest BCUT2D eigenvalue weighted by atomic mass is 10.2. The van der Waals surface area contributed by atoms with E-state index >= 15 is 0 Å². The maximum atomic E-state index is 12.6. The number of carbonyl (C=O) groups excluding carboxylic acids is 1. The highest BCUT2D eigenvalue weighted by atomic mass is 35.6. The van der Waals surface area contributed by atoms with E-state index in [4.69, 9.17) is 75.0 Å². The normalized spacial score (nSPS) is 12.1. The van der Waals surface area contributed by atoms with Crippen molar-refractivity contribution >= 4 is 86.9 Å². The fourth-order valence-corrected chi connectivity index (χ4v) is 2.97. The van der Waals surface area contributed by atoms with Crippen LogP contribution >= 0.6 is 70.2 Å². The molecule has 0 aliphatic carbocycles. The number of hydrogen-bond acceptors (Lipinski definition) is 3. The maximum Gasteiger partial charge on any atom is 0.256 e. The lowest BCUT2D eigenvalue weighted by molar-refractivity contribution is 0.0931. The van der Waals surface area contributed by atoms with Crippen LogP contribution in [0, 0.1) is 0 Å². The molecule has 0 bridgehead atoms. The average molecular weight is 502 g/mol. The van der Waals surface area contributed by atoms with Crippen LogP contribution in [0.2, 0.25) is 10.0 Å². The van der Waals surface area contributed by atoms with Gasteiger partial charge in [0, 0.05) is 5.69 Å². The summed E-state index contributed by atoms with van der Waals surface area (Å²) in [7, 11) is 1.45. The number of nitrogens with one attached hydrogen (secondary N) is 3. The number of rotatable bonds is 5. The van der Waals surface area contributed by atoms with Crippen molar-refractivity contribution in [3.63, 3.8) is 0 Å². The molecule has 11 heteroatoms. The van der Waals surface area contributed by atoms with Crippen LogP contribution in [0.5, 0.6) is 5.75 Å². The highest BCUT2D eigenvalue weighted by molar-refractivity contribution is 7.80. The third kappa shape index (κ3) is 6.44. The predicted octanol–water partition coefficient (Wildman–Crippen LogP) is 5.41. The van der Waals surface area contributed by atoms with E-state index in [0.29, 0.717) is 21.5 Å². The molecule has 5 nitrogen and oxygen atoms in total. The Morgan fingerprint density at radius 1 is 1.07 bits per heavy atom. The van der Waals surface area contributed by atoms with Gasteiger partial charge in [-0.2, -0.15) is 0 Å². The van der Waals surface area contributed by atoms with Crippen LogP contribution in [-0.2, 0) is 0 Å². The van der Waals surface area contributed by atoms with Crippen molar-refractivity contribution in [2.45, 2.75) is 9.96 Å². The van der Waals surface area contributed by atoms with E-state index in [1.54, 1.807) is 42.5 Å². The second-order valence-corrected chi connectivity index (χ2v) is 8.97. The van der Waals surface area contributed by atoms with Crippen molar-refractivity contribution < 1.29 is 9.53 Å². The van der Waals surface area contributed by atoms with E-state index in [9.17, 15) is 4.79 Å². The van der Waals surface area contributed by atoms with Crippen molar-refractivity contribution in [3.05, 3.63) is 58.1 Å². The van der Waals surface area contributed by atoms with Gasteiger partial charge in [-0.1, -0.05) is 70.1 Å². The van der Waals surface area contributed by atoms with E-state index in [0.717, 1.165) is 0 Å². The van der Waals surface area contributed by atoms with Gasteiger partial charge in [-0.3, -0.25) is 4.79 Å². The number of methoxy groups -OCH3 is 1. The summed E-state index contributed by atoms with van der Waals surface area (Å²) in [4.78, 5) is 12.6. The Kier molecular flexibility index (Phi) is 8.30. The van der Waals surface area contributed by atoms with E-state index in [2.05, 4.69) is 16.0 Å². The lowest BCUT2D eigenvalue weighted by Crippen LogP contribution is -2.56. The summed E-state index contributed by atoms with van der Waals surface area (Å²) in [6.07, 6.45) is -1.14. The Hall–Kier alpha value is -1.15. The van der Waals surface area contributed by atoms with Crippen molar-refractivity contribution in [3.8, 4) is 5.75 Å². The molecule has 2 aromatic rings. The maximum absolute atomic E-state index is 12.6. The van der Waals surface area contributed by atoms with Crippen LogP contribution in [0.15, 0.2) is 42.5 Å². The zero-order valence-electron chi connectivity index (χ0n) is 14.2. The zero-order valence-corrected chi connectivity index (χ0v) is 18.8. The van der Waals surface area contributed by atoms with Gasteiger partial charge in [-0.05, 0) is 42.5 Å². The average Bonchev–Trinajstić information content (AvgIpc) is 2.63. The summed E-state index contributed by atoms with van der Waals surface area (Å²) in [5.74, 6) is -0.141. The first-order chi connectivity index (χ1) is 13.1. The molecule has 3 N–H and O–H groups in total. The molecule has 1 amide bonds. The van der Waals surface area contributed by atoms with Gasteiger partial charge < -0.3 is 20.7 Å². The summed E-state index contributed by atoms with van der Waals surface area (Å²) in [5, 5.41) is 9.05. The molecular formula is C17H14Cl5N3O2S. The van der Waals surface area contributed by atoms with Crippen LogP contribution in [0.3, 0.4) is 0 Å². The van der Waals surface area contributed by atoms with E-state index in [1.807, 2.05) is 0 Å². The van der Waals surface area contributed by atoms with Gasteiger partial charge in [0.1, 0.15) is 11.9 Å². The first kappa shape index (κ1) is 23.1. The highest BCUT2D eigenvalue weighted by Gasteiger charge is 2.35. The number of hydrogen-bond donors (Lipinski definition) is 3. The second kappa shape index (κ2) is 10.1. The number of thiocarbonyl (C=S) groups is 1. The number of ether oxygens (including phenoxy) is 1. The van der Waals surface area contributed by atoms with Crippen molar-refractivity contribution in [2.75, 3.05) is 12.4 Å². The quantitative estimate of drug-likeness (QED) is 0.290. The number of alkyl halides is 3. The van der Waals surface area contributed by atoms with Crippen LogP contribution in [0.25, 0.3) is 0 Å². The molecule has 28 heavy (non-hydrogen) atoms. The number of benzene rings is 2. The molecule has 0 aromatic heterocycles. The summed E-state index contributed by atoms with van der Waals surface area (Å²) in [5.41, 5.74) is 0.834. The smallest absolute Gasteiger partial charge is 0.256 e. The van der Waals surface area contributed by atoms with E-state index in [-0.39, 0.29) is 10.7 Å². The summed E-state index contributed by atoms with van der Waals surface area (Å²) < 4.78 is 3.27. The lowest BCUT2D eigenvalue weighted by Gasteiger charge is -2.28. The topological polar surface area (TPSA) is 62.4 Å². The predicted molar refractivity (Wildman–Crippen MR) is 120 cm³/mol. The first-order valence-electron chi connectivity index (χ1n) is 7.65. The number of halogens is 5. The molecule has 0 heterocycles. The van der Waals surface area contributed by atoms with Crippen LogP contribution in [0.1, 0.15) is 10.4 Å². The van der Waals surface area contributed by atoms with Crippen LogP contribution in [0.4, 0.5) is 5.69 Å². The molecule has 0 aliphatic rings. The Morgan fingerprint density at radius 2 is 1.75 bits per heavy atom. The van der Waals surface area contributed by atoms with E-state index in [1.165, 1.54) is 7.11 Å². The molecular weight excluding hydrogens is 488 g/mol. The Labute approximate surface area is 192 Å². The minimum atomic E-state index is -1.90. The van der Waals surface area contributed by atoms with Gasteiger partial charge in [0.2, 0.25) is 3.79 Å². The Balaban J connectivity index is 2.12. The summed E-state index contributed by atoms with van der Waals surface area (Å²) >= 11 is 35.1. The largest absolute Gasteiger partial charge is 0.496 e. The molecule has 0 aliphatic heterocycles. The third-order valence-corrected chi connectivity index (χ3v) is 5.02. The van der Waals surface area contributed by atoms with E-state index < -0.39 is 15.9 Å². The molecule has 1 atom stereocenters. The first-order valence-corrected chi connectivity index (χ1v) is 9.95. The standard InChI is InChI=1S/C17H14Cl5N3O2S/c1-27-13-5-3-2-4-10(13)14(26)24-15(17(20,21)22)25-16(28)23-9-6-7-11(18)12(19)8-9/h2-8,15H,1H3,(H,24,26)(H2,23,25,28)/t15-/m0/s1. The molecule has 0 unspecified atom stereocenters. The van der Waals surface area contributed by atoms with Crippen LogP contribution < -0.4 is 20.7 Å². The highest BCUT2D eigenvalue weighted by Crippen LogP contribution is 2.30. The number of para-hydroxylation sites is 1. The van der Waals surface area contributed by atoms with Gasteiger partial charge in [0.25, 0.3) is 5.91 Å². The second-order valence-electron chi connectivity index (χ2n) is 5.38. The van der Waals surface area contributed by atoms with Crippen molar-refractivity contribution in [1.29, 1.82) is 0 Å². The number of anilines is 1. The van der Waals surface area contributed by atoms with Gasteiger partial charge in [-0.15, -0.1) is 0 Å². The Morgan fingerprint density at radius 3 is 2.36 bits per heavy atom. The van der Waals surface area contributed by atoms with Gasteiger partial charge in [0.15, 0.2) is 5.11 Å². The molecule has 150 valence electrons. The third-order valence-electron chi connectivity index (χ3n) is 3.41.